The van der Waals surface area contributed by atoms with Crippen LogP contribution in [0.15, 0.2) is 54.7 Å². The number of halogens is 1. The van der Waals surface area contributed by atoms with E-state index in [-0.39, 0.29) is 5.92 Å². The lowest BCUT2D eigenvalue weighted by Gasteiger charge is -2.31. The summed E-state index contributed by atoms with van der Waals surface area (Å²) in [5, 5.41) is 0. The molecule has 0 radical (unpaired) electrons. The van der Waals surface area contributed by atoms with Gasteiger partial charge in [0.25, 0.3) is 0 Å². The minimum absolute atomic E-state index is 0.0944. The Balaban J connectivity index is 1.61. The molecule has 1 aromatic heterocycles. The van der Waals surface area contributed by atoms with Gasteiger partial charge in [0.05, 0.1) is 13.3 Å². The normalized spacial score (nSPS) is 15.9. The molecule has 1 aliphatic rings. The summed E-state index contributed by atoms with van der Waals surface area (Å²) in [4.78, 5) is 16.4. The van der Waals surface area contributed by atoms with Gasteiger partial charge < -0.3 is 14.4 Å². The van der Waals surface area contributed by atoms with E-state index in [0.29, 0.717) is 54.5 Å². The summed E-state index contributed by atoms with van der Waals surface area (Å²) in [6, 6.07) is 16.2. The second-order valence-electron chi connectivity index (χ2n) is 11.6. The van der Waals surface area contributed by atoms with E-state index < -0.39 is 13.2 Å². The number of rotatable bonds is 13. The van der Waals surface area contributed by atoms with E-state index in [2.05, 4.69) is 49.7 Å². The van der Waals surface area contributed by atoms with Gasteiger partial charge in [-0.15, -0.1) is 0 Å². The maximum atomic E-state index is 15.0. The largest absolute Gasteiger partial charge is 0.489 e. The molecule has 0 aliphatic heterocycles. The Bertz CT molecular complexity index is 1340. The average Bonchev–Trinajstić information content (AvgIpc) is 3.74. The van der Waals surface area contributed by atoms with Gasteiger partial charge in [-0.25, -0.2) is 9.37 Å². The van der Waals surface area contributed by atoms with Crippen LogP contribution in [0.25, 0.3) is 11.1 Å². The minimum atomic E-state index is -3.12. The van der Waals surface area contributed by atoms with Crippen LogP contribution in [0.2, 0.25) is 0 Å². The molecule has 1 fully saturated rings. The van der Waals surface area contributed by atoms with E-state index in [1.807, 2.05) is 30.3 Å². The zero-order valence-electron chi connectivity index (χ0n) is 24.4. The van der Waals surface area contributed by atoms with Crippen molar-refractivity contribution >= 4 is 7.37 Å². The zero-order chi connectivity index (χ0) is 29.0. The highest BCUT2D eigenvalue weighted by Gasteiger charge is 2.35. The summed E-state index contributed by atoms with van der Waals surface area (Å²) < 4.78 is 38.7. The quantitative estimate of drug-likeness (QED) is 0.216. The molecular weight excluding hydrogens is 526 g/mol. The maximum absolute atomic E-state index is 15.0. The molecule has 8 heteroatoms. The van der Waals surface area contributed by atoms with Crippen LogP contribution in [0.3, 0.4) is 0 Å². The van der Waals surface area contributed by atoms with Crippen LogP contribution >= 0.6 is 7.37 Å². The van der Waals surface area contributed by atoms with E-state index in [4.69, 9.17) is 9.47 Å². The van der Waals surface area contributed by atoms with Crippen molar-refractivity contribution < 1.29 is 23.3 Å². The number of nitrogens with zero attached hydrogens (tertiary/aromatic N) is 2. The first-order valence-corrected chi connectivity index (χ1v) is 16.3. The first kappa shape index (κ1) is 30.2. The Morgan fingerprint density at radius 2 is 1.80 bits per heavy atom. The van der Waals surface area contributed by atoms with Gasteiger partial charge in [-0.05, 0) is 86.8 Å². The fourth-order valence-corrected chi connectivity index (χ4v) is 6.66. The van der Waals surface area contributed by atoms with Crippen LogP contribution in [-0.4, -0.2) is 46.8 Å². The molecule has 1 saturated carbocycles. The molecule has 0 saturated heterocycles. The summed E-state index contributed by atoms with van der Waals surface area (Å²) in [6.07, 6.45) is 3.72. The van der Waals surface area contributed by atoms with Crippen LogP contribution in [-0.2, 0) is 17.7 Å². The predicted molar refractivity (Wildman–Crippen MR) is 159 cm³/mol. The number of ether oxygens (including phenoxy) is 2. The molecule has 1 heterocycles. The lowest BCUT2D eigenvalue weighted by Crippen LogP contribution is -2.36. The lowest BCUT2D eigenvalue weighted by molar-refractivity contribution is 0.166. The molecule has 0 spiro atoms. The summed E-state index contributed by atoms with van der Waals surface area (Å²) in [5.74, 6) is 1.22. The Morgan fingerprint density at radius 1 is 1.07 bits per heavy atom. The topological polar surface area (TPSA) is 71.9 Å². The minimum Gasteiger partial charge on any atom is -0.489 e. The fourth-order valence-electron chi connectivity index (χ4n) is 5.42. The van der Waals surface area contributed by atoms with Gasteiger partial charge >= 0.3 is 0 Å². The van der Waals surface area contributed by atoms with Gasteiger partial charge in [0.1, 0.15) is 18.2 Å². The van der Waals surface area contributed by atoms with E-state index >= 15 is 0 Å². The van der Waals surface area contributed by atoms with Crippen LogP contribution in [0.5, 0.6) is 11.6 Å². The number of benzene rings is 2. The Kier molecular flexibility index (Phi) is 9.71. The van der Waals surface area contributed by atoms with E-state index in [1.54, 1.807) is 6.07 Å². The number of methoxy groups -OCH3 is 1. The van der Waals surface area contributed by atoms with Gasteiger partial charge in [0.2, 0.25) is 5.88 Å². The molecule has 2 atom stereocenters. The third kappa shape index (κ3) is 7.93. The molecule has 1 aliphatic carbocycles. The predicted octanol–water partition coefficient (Wildman–Crippen LogP) is 7.49. The second kappa shape index (κ2) is 12.8. The number of hydrogen-bond acceptors (Lipinski definition) is 5. The van der Waals surface area contributed by atoms with Gasteiger partial charge in [0.15, 0.2) is 7.37 Å². The van der Waals surface area contributed by atoms with Gasteiger partial charge in [-0.2, -0.15) is 0 Å². The summed E-state index contributed by atoms with van der Waals surface area (Å²) in [5.41, 5.74) is 4.28. The highest BCUT2D eigenvalue weighted by molar-refractivity contribution is 7.57. The van der Waals surface area contributed by atoms with E-state index in [0.717, 1.165) is 35.1 Å². The molecule has 6 nitrogen and oxygen atoms in total. The molecule has 40 heavy (non-hydrogen) atoms. The van der Waals surface area contributed by atoms with E-state index in [1.165, 1.54) is 20.0 Å². The van der Waals surface area contributed by atoms with Crippen LogP contribution in [0, 0.1) is 11.7 Å². The number of hydrogen-bond donors (Lipinski definition) is 1. The molecule has 216 valence electrons. The highest BCUT2D eigenvalue weighted by Crippen LogP contribution is 2.50. The van der Waals surface area contributed by atoms with Crippen molar-refractivity contribution in [2.45, 2.75) is 71.7 Å². The van der Waals surface area contributed by atoms with Gasteiger partial charge in [-0.3, -0.25) is 9.46 Å². The third-order valence-electron chi connectivity index (χ3n) is 7.60. The number of aromatic nitrogens is 1. The average molecular weight is 569 g/mol. The molecular formula is C32H42FN2O4P. The first-order chi connectivity index (χ1) is 18.9. The van der Waals surface area contributed by atoms with Crippen molar-refractivity contribution in [2.75, 3.05) is 19.9 Å². The Hall–Kier alpha value is -2.73. The van der Waals surface area contributed by atoms with Crippen molar-refractivity contribution in [3.05, 3.63) is 77.2 Å². The zero-order valence-corrected chi connectivity index (χ0v) is 25.3. The van der Waals surface area contributed by atoms with Gasteiger partial charge in [-0.1, -0.05) is 30.3 Å². The van der Waals surface area contributed by atoms with Crippen LogP contribution < -0.4 is 9.47 Å². The van der Waals surface area contributed by atoms with E-state index in [9.17, 15) is 13.8 Å². The molecule has 2 unspecified atom stereocenters. The van der Waals surface area contributed by atoms with Crippen molar-refractivity contribution in [1.29, 1.82) is 0 Å². The molecule has 2 aromatic carbocycles. The molecule has 1 N–H and O–H groups in total. The molecule has 4 rings (SSSR count). The molecule has 0 bridgehead atoms. The van der Waals surface area contributed by atoms with Crippen molar-refractivity contribution in [3.8, 4) is 22.8 Å². The van der Waals surface area contributed by atoms with Crippen LogP contribution in [0.1, 0.15) is 63.1 Å². The Labute approximate surface area is 238 Å². The number of pyridine rings is 1. The standard InChI is InChI=1S/C32H42FN2O4P/c1-21(2)35(22(3)4)18-26-15-27(12-13-28(26)29-16-32(38-5)34-17-31(29)33)39-19-23-8-7-9-25(14-23)30(24-10-11-24)20-40(6,36)37/h7-9,12-17,21-22,24,30H,10-11,18-20H2,1-6H3,(H,36,37). The first-order valence-electron chi connectivity index (χ1n) is 14.0. The summed E-state index contributed by atoms with van der Waals surface area (Å²) in [7, 11) is -1.60. The smallest absolute Gasteiger partial charge is 0.213 e. The highest BCUT2D eigenvalue weighted by atomic mass is 31.2. The maximum Gasteiger partial charge on any atom is 0.213 e. The molecule has 3 aromatic rings. The third-order valence-corrected chi connectivity index (χ3v) is 8.67. The van der Waals surface area contributed by atoms with Crippen molar-refractivity contribution in [1.82, 2.24) is 9.88 Å². The van der Waals surface area contributed by atoms with Gasteiger partial charge in [0, 0.05) is 43.1 Å². The second-order valence-corrected chi connectivity index (χ2v) is 14.1. The SMILES string of the molecule is COc1cc(-c2ccc(OCc3cccc(C(CP(C)(=O)O)C4CC4)c3)cc2CN(C(C)C)C(C)C)c(F)cn1. The fraction of sp³-hybridized carbons (Fsp3) is 0.469. The summed E-state index contributed by atoms with van der Waals surface area (Å²) >= 11 is 0. The monoisotopic (exact) mass is 568 g/mol. The van der Waals surface area contributed by atoms with Crippen molar-refractivity contribution in [2.24, 2.45) is 5.92 Å². The van der Waals surface area contributed by atoms with Crippen LogP contribution in [0.4, 0.5) is 4.39 Å². The lowest BCUT2D eigenvalue weighted by atomic mass is 9.94. The Morgan fingerprint density at radius 3 is 2.42 bits per heavy atom. The molecule has 0 amide bonds. The summed E-state index contributed by atoms with van der Waals surface area (Å²) in [6.45, 7) is 11.1. The van der Waals surface area contributed by atoms with Crippen molar-refractivity contribution in [3.63, 3.8) is 0 Å².